The zero-order chi connectivity index (χ0) is 10.7. The monoisotopic (exact) mass is 214 g/mol. The first-order chi connectivity index (χ1) is 6.50. The minimum absolute atomic E-state index is 0.185. The van der Waals surface area contributed by atoms with E-state index in [-0.39, 0.29) is 10.7 Å². The van der Waals surface area contributed by atoms with E-state index in [4.69, 9.17) is 10.8 Å². The standard InChI is InChI=1S/C6H6N4O3S/c7-5(14)8-1-2-3(11)9-6(13)10-4(2)12/h1H,(H2,7,14)(H3,9,10,11,12,13)/b8-1+. The number of rotatable bonds is 1. The van der Waals surface area contributed by atoms with E-state index in [0.717, 1.165) is 6.21 Å². The van der Waals surface area contributed by atoms with Gasteiger partial charge in [-0.3, -0.25) is 14.8 Å². The van der Waals surface area contributed by atoms with Crippen LogP contribution in [0.3, 0.4) is 0 Å². The summed E-state index contributed by atoms with van der Waals surface area (Å²) in [5, 5.41) is 8.95. The van der Waals surface area contributed by atoms with Gasteiger partial charge in [-0.15, -0.1) is 0 Å². The Balaban J connectivity index is 3.29. The zero-order valence-electron chi connectivity index (χ0n) is 6.77. The van der Waals surface area contributed by atoms with Crippen LogP contribution in [0.25, 0.3) is 0 Å². The third-order valence-corrected chi connectivity index (χ3v) is 1.39. The molecule has 0 aliphatic carbocycles. The molecule has 1 aromatic rings. The Morgan fingerprint density at radius 1 is 1.50 bits per heavy atom. The highest BCUT2D eigenvalue weighted by atomic mass is 32.1. The third kappa shape index (κ3) is 2.26. The average Bonchev–Trinajstić information content (AvgIpc) is 2.01. The number of aliphatic imine (C=N–C) groups is 1. The molecule has 1 rings (SSSR count). The summed E-state index contributed by atoms with van der Waals surface area (Å²) in [5.41, 5.74) is 3.25. The summed E-state index contributed by atoms with van der Waals surface area (Å²) < 4.78 is 0. The maximum atomic E-state index is 11.1. The van der Waals surface area contributed by atoms with Gasteiger partial charge in [0.1, 0.15) is 5.56 Å². The minimum atomic E-state index is -0.806. The van der Waals surface area contributed by atoms with Gasteiger partial charge < -0.3 is 10.8 Å². The van der Waals surface area contributed by atoms with Gasteiger partial charge in [0.2, 0.25) is 5.88 Å². The van der Waals surface area contributed by atoms with Crippen molar-refractivity contribution in [3.63, 3.8) is 0 Å². The van der Waals surface area contributed by atoms with Crippen molar-refractivity contribution in [3.05, 3.63) is 26.4 Å². The Morgan fingerprint density at radius 2 is 2.14 bits per heavy atom. The second kappa shape index (κ2) is 3.83. The number of aromatic amines is 2. The lowest BCUT2D eigenvalue weighted by molar-refractivity contribution is 0.447. The van der Waals surface area contributed by atoms with Crippen molar-refractivity contribution < 1.29 is 5.11 Å². The van der Waals surface area contributed by atoms with Crippen molar-refractivity contribution >= 4 is 23.5 Å². The number of nitrogens with one attached hydrogen (secondary N) is 2. The number of hydrogen-bond donors (Lipinski definition) is 4. The van der Waals surface area contributed by atoms with Crippen LogP contribution in [0.2, 0.25) is 0 Å². The zero-order valence-corrected chi connectivity index (χ0v) is 7.59. The fourth-order valence-corrected chi connectivity index (χ4v) is 0.785. The lowest BCUT2D eigenvalue weighted by atomic mass is 10.3. The van der Waals surface area contributed by atoms with Crippen molar-refractivity contribution in [3.8, 4) is 5.88 Å². The smallest absolute Gasteiger partial charge is 0.328 e. The van der Waals surface area contributed by atoms with Gasteiger partial charge in [0.15, 0.2) is 5.11 Å². The summed E-state index contributed by atoms with van der Waals surface area (Å²) in [5.74, 6) is -0.584. The van der Waals surface area contributed by atoms with E-state index in [1.54, 1.807) is 0 Å². The molecule has 1 heterocycles. The van der Waals surface area contributed by atoms with Gasteiger partial charge in [-0.25, -0.2) is 9.79 Å². The Labute approximate surface area is 82.3 Å². The van der Waals surface area contributed by atoms with Crippen LogP contribution in [-0.4, -0.2) is 26.4 Å². The number of nitrogens with two attached hydrogens (primary N) is 1. The van der Waals surface area contributed by atoms with Crippen LogP contribution in [0.1, 0.15) is 5.56 Å². The largest absolute Gasteiger partial charge is 0.494 e. The lowest BCUT2D eigenvalue weighted by Gasteiger charge is -1.94. The van der Waals surface area contributed by atoms with E-state index in [2.05, 4.69) is 17.2 Å². The van der Waals surface area contributed by atoms with Crippen molar-refractivity contribution in [1.29, 1.82) is 0 Å². The summed E-state index contributed by atoms with van der Waals surface area (Å²) in [7, 11) is 0. The predicted molar refractivity (Wildman–Crippen MR) is 53.7 cm³/mol. The Morgan fingerprint density at radius 3 is 2.64 bits per heavy atom. The molecule has 14 heavy (non-hydrogen) atoms. The Hall–Kier alpha value is -1.96. The van der Waals surface area contributed by atoms with E-state index < -0.39 is 17.1 Å². The first kappa shape index (κ1) is 10.1. The molecule has 0 aliphatic rings. The van der Waals surface area contributed by atoms with E-state index in [1.807, 2.05) is 9.97 Å². The van der Waals surface area contributed by atoms with Gasteiger partial charge in [0.05, 0.1) is 0 Å². The Bertz CT molecular complexity index is 501. The van der Waals surface area contributed by atoms with Gasteiger partial charge in [0, 0.05) is 6.21 Å². The van der Waals surface area contributed by atoms with E-state index in [0.29, 0.717) is 0 Å². The maximum absolute atomic E-state index is 11.1. The summed E-state index contributed by atoms with van der Waals surface area (Å²) in [6, 6.07) is 0. The number of nitrogens with zero attached hydrogens (tertiary/aromatic N) is 1. The van der Waals surface area contributed by atoms with E-state index in [9.17, 15) is 9.59 Å². The van der Waals surface area contributed by atoms with Crippen LogP contribution in [-0.2, 0) is 0 Å². The fourth-order valence-electron chi connectivity index (χ4n) is 0.732. The number of hydrogen-bond acceptors (Lipinski definition) is 4. The number of thiocarbonyl (C=S) groups is 1. The van der Waals surface area contributed by atoms with Crippen LogP contribution < -0.4 is 17.0 Å². The molecule has 5 N–H and O–H groups in total. The summed E-state index contributed by atoms with van der Waals surface area (Å²) in [6.07, 6.45) is 0.965. The van der Waals surface area contributed by atoms with Crippen LogP contribution in [0.5, 0.6) is 5.88 Å². The molecular formula is C6H6N4O3S. The van der Waals surface area contributed by atoms with E-state index >= 15 is 0 Å². The second-order valence-electron chi connectivity index (χ2n) is 2.27. The number of H-pyrrole nitrogens is 2. The van der Waals surface area contributed by atoms with Crippen LogP contribution in [0.4, 0.5) is 0 Å². The normalized spacial score (nSPS) is 10.6. The molecule has 0 aliphatic heterocycles. The molecule has 0 atom stereocenters. The molecule has 0 amide bonds. The fraction of sp³-hybridized carbons (Fsp3) is 0. The molecule has 1 aromatic heterocycles. The van der Waals surface area contributed by atoms with Crippen molar-refractivity contribution in [2.24, 2.45) is 10.7 Å². The lowest BCUT2D eigenvalue weighted by Crippen LogP contribution is -2.25. The third-order valence-electron chi connectivity index (χ3n) is 1.28. The van der Waals surface area contributed by atoms with Crippen LogP contribution >= 0.6 is 12.2 Å². The van der Waals surface area contributed by atoms with Gasteiger partial charge in [-0.05, 0) is 12.2 Å². The predicted octanol–water partition coefficient (Wildman–Crippen LogP) is -1.57. The Kier molecular flexibility index (Phi) is 2.77. The average molecular weight is 214 g/mol. The first-order valence-electron chi connectivity index (χ1n) is 3.40. The van der Waals surface area contributed by atoms with Gasteiger partial charge in [-0.2, -0.15) is 0 Å². The number of aromatic hydroxyl groups is 1. The van der Waals surface area contributed by atoms with Crippen LogP contribution in [0, 0.1) is 0 Å². The van der Waals surface area contributed by atoms with Crippen molar-refractivity contribution in [2.75, 3.05) is 0 Å². The van der Waals surface area contributed by atoms with Crippen molar-refractivity contribution in [1.82, 2.24) is 9.97 Å². The van der Waals surface area contributed by atoms with Crippen LogP contribution in [0.15, 0.2) is 14.6 Å². The topological polar surface area (TPSA) is 124 Å². The molecule has 74 valence electrons. The molecule has 0 unspecified atom stereocenters. The maximum Gasteiger partial charge on any atom is 0.328 e. The summed E-state index contributed by atoms with van der Waals surface area (Å²) >= 11 is 4.42. The molecule has 0 fully saturated rings. The second-order valence-corrected chi connectivity index (χ2v) is 2.69. The molecule has 0 spiro atoms. The van der Waals surface area contributed by atoms with Crippen molar-refractivity contribution in [2.45, 2.75) is 0 Å². The molecule has 0 saturated heterocycles. The SMILES string of the molecule is NC(=S)/N=C/c1c(O)[nH]c(=O)[nH]c1=O. The van der Waals surface area contributed by atoms with Gasteiger partial charge in [-0.1, -0.05) is 0 Å². The van der Waals surface area contributed by atoms with Gasteiger partial charge in [0.25, 0.3) is 5.56 Å². The number of aromatic nitrogens is 2. The highest BCUT2D eigenvalue weighted by Gasteiger charge is 2.04. The molecule has 0 aromatic carbocycles. The molecule has 0 radical (unpaired) electrons. The minimum Gasteiger partial charge on any atom is -0.494 e. The molecule has 8 heteroatoms. The quantitative estimate of drug-likeness (QED) is 0.332. The van der Waals surface area contributed by atoms with E-state index in [1.165, 1.54) is 0 Å². The van der Waals surface area contributed by atoms with Gasteiger partial charge >= 0.3 is 5.69 Å². The molecule has 0 bridgehead atoms. The highest BCUT2D eigenvalue weighted by Crippen LogP contribution is 2.00. The molecular weight excluding hydrogens is 208 g/mol. The summed E-state index contributed by atoms with van der Waals surface area (Å²) in [6.45, 7) is 0. The highest BCUT2D eigenvalue weighted by molar-refractivity contribution is 7.80. The first-order valence-corrected chi connectivity index (χ1v) is 3.80. The summed E-state index contributed by atoms with van der Waals surface area (Å²) in [4.78, 5) is 29.0. The molecule has 0 saturated carbocycles. The molecule has 7 nitrogen and oxygen atoms in total.